The number of carbonyl (C=O) groups excluding carboxylic acids is 4. The first-order valence-electron chi connectivity index (χ1n) is 42.7. The molecule has 1 aliphatic heterocycles. The van der Waals surface area contributed by atoms with Gasteiger partial charge in [0, 0.05) is 51.0 Å². The summed E-state index contributed by atoms with van der Waals surface area (Å²) in [5.41, 5.74) is 24.1. The van der Waals surface area contributed by atoms with Crippen LogP contribution in [-0.4, -0.2) is 108 Å². The fourth-order valence-corrected chi connectivity index (χ4v) is 17.7. The molecule has 0 saturated carbocycles. The number of carbonyl (C=O) groups is 4. The maximum absolute atomic E-state index is 12.3. The Balaban J connectivity index is 0.000000208. The van der Waals surface area contributed by atoms with Crippen LogP contribution < -0.4 is 149 Å². The molecule has 1 heterocycles. The second-order valence-electron chi connectivity index (χ2n) is 33.2. The normalized spacial score (nSPS) is 14.2. The molecule has 6 aliphatic carbocycles. The zero-order valence-electron chi connectivity index (χ0n) is 76.7. The third-order valence-corrected chi connectivity index (χ3v) is 24.5. The Labute approximate surface area is 912 Å². The molecule has 1 amide bonds. The van der Waals surface area contributed by atoms with Crippen LogP contribution >= 0.6 is 38.5 Å². The van der Waals surface area contributed by atoms with E-state index in [0.29, 0.717) is 57.2 Å². The van der Waals surface area contributed by atoms with Crippen molar-refractivity contribution in [1.29, 1.82) is 0 Å². The van der Waals surface area contributed by atoms with E-state index < -0.39 is 22.7 Å². The van der Waals surface area contributed by atoms with Crippen LogP contribution in [0.2, 0.25) is 0 Å². The zero-order valence-corrected chi connectivity index (χ0v) is 92.8. The maximum Gasteiger partial charge on any atom is 1.00 e. The summed E-state index contributed by atoms with van der Waals surface area (Å²) in [6, 6.07) is 75.0. The van der Waals surface area contributed by atoms with E-state index in [1.165, 1.54) is 129 Å². The van der Waals surface area contributed by atoms with Crippen molar-refractivity contribution in [2.75, 3.05) is 13.1 Å². The fourth-order valence-electron chi connectivity index (χ4n) is 15.7. The quantitative estimate of drug-likeness (QED) is 0.0109. The summed E-state index contributed by atoms with van der Waals surface area (Å²) >= 11 is 6.05. The van der Waals surface area contributed by atoms with Gasteiger partial charge in [0.2, 0.25) is 0 Å². The number of rotatable bonds is 8. The number of amides is 1. The summed E-state index contributed by atoms with van der Waals surface area (Å²) < 4.78 is 70.1. The molecule has 132 heavy (non-hydrogen) atoms. The number of allylic oxidation sites excluding steroid dienone is 4. The Hall–Kier alpha value is -7.74. The largest absolute Gasteiger partial charge is 1.00 e. The van der Waals surface area contributed by atoms with Gasteiger partial charge < -0.3 is 61.0 Å². The Kier molecular flexibility index (Phi) is 43.2. The third kappa shape index (κ3) is 32.2. The maximum atomic E-state index is 12.3. The molecule has 7 aliphatic rings. The topological polar surface area (TPSA) is 298 Å². The molecular weight excluding hydrogens is 2120 g/mol. The molecule has 18 nitrogen and oxygen atoms in total. The molecule has 0 radical (unpaired) electrons. The summed E-state index contributed by atoms with van der Waals surface area (Å²) in [5, 5.41) is 72.0. The first-order chi connectivity index (χ1) is 61.8. The number of hydrogen-bond acceptors (Lipinski definition) is 17. The van der Waals surface area contributed by atoms with Crippen molar-refractivity contribution in [3.8, 4) is 28.7 Å². The third-order valence-electron chi connectivity index (χ3n) is 21.9. The Bertz CT molecular complexity index is 6000. The van der Waals surface area contributed by atoms with Crippen LogP contribution in [0.5, 0.6) is 28.7 Å². The summed E-state index contributed by atoms with van der Waals surface area (Å²) in [7, 11) is -7.08. The van der Waals surface area contributed by atoms with Gasteiger partial charge in [0.1, 0.15) is 40.1 Å². The number of benzene rings is 11. The number of likely N-dealkylation sites (tertiary alicyclic amines) is 1. The van der Waals surface area contributed by atoms with E-state index in [1.54, 1.807) is 71.6 Å². The standard InChI is InChI=1S/C23H20O.C17H15BrO.C17H16O.C12H11F3O3S.C11H12O.C10H10O2.C8H14INO2.C6H7BO3.CH2O3.2Cs.H/c1-16-7-13-22-19(15-16)10-14-21(17-5-3-2-4-6-17)23(22)18-8-11-20(24)12-9-18;1-11-2-8-15-13(10-11)5-9-16(18)17(15)12-3-6-14(19)7-4-12;1-12-5-10-17-14(11-12)3-2-4-16(17)13-6-8-15(18)9-7-13;1-8-5-6-10-9(7-8)3-2-4-11(10)18-19(16,17)12(13,14)15;1-8-5-6-10-9(7-8)3-2-4-11(10)12;11-8-4-5-9-7(6-8)2-1-3-10(9)12;1-8(2,3)12-7(11)10-4-6(9)5-10;8-6-3-1-5(2-4-6)7(9)10;2-1-4-3;;;/h2-9,11-13,15,24H,10,14H2,1H3;2-4,6-8,10,19H,5,9H2,1H3;4-11,18H,2-3H2,1H3;4-7H,2-3H2,1H3;5-7H,2-4H2,1H3;4-6,11H,1-3H2;6H,4-5H2,1-3H3;1-4,8-10H;1,3H;;;/q;;;;;;;;;2*+1;-1/p-1. The van der Waals surface area contributed by atoms with Crippen LogP contribution in [0, 0.1) is 34.6 Å². The van der Waals surface area contributed by atoms with Crippen LogP contribution in [0.25, 0.3) is 28.1 Å². The smallest absolute Gasteiger partial charge is 1.00 e. The van der Waals surface area contributed by atoms with Crippen molar-refractivity contribution in [3.63, 3.8) is 0 Å². The molecule has 1 saturated heterocycles. The van der Waals surface area contributed by atoms with E-state index >= 15 is 0 Å². The van der Waals surface area contributed by atoms with Crippen LogP contribution in [-0.2, 0) is 67.2 Å². The van der Waals surface area contributed by atoms with Crippen molar-refractivity contribution < 1.29 is 235 Å². The van der Waals surface area contributed by atoms with Gasteiger partial charge in [-0.2, -0.15) is 21.6 Å². The molecule has 7 N–H and O–H groups in total. The van der Waals surface area contributed by atoms with Crippen LogP contribution in [0.3, 0.4) is 0 Å². The average molecular weight is 2230 g/mol. The van der Waals surface area contributed by atoms with E-state index in [1.807, 2.05) is 82.3 Å². The predicted octanol–water partition coefficient (Wildman–Crippen LogP) is 15.7. The molecule has 18 rings (SSSR count). The number of aromatic hydroxyl groups is 5. The van der Waals surface area contributed by atoms with Crippen molar-refractivity contribution in [2.45, 2.75) is 160 Å². The fraction of sp³-hybridized carbons (Fsp3) is 0.257. The van der Waals surface area contributed by atoms with Crippen LogP contribution in [0.4, 0.5) is 18.0 Å². The number of ether oxygens (including phenoxy) is 1. The van der Waals surface area contributed by atoms with Gasteiger partial charge in [-0.1, -0.05) is 242 Å². The predicted molar refractivity (Wildman–Crippen MR) is 516 cm³/mol. The second-order valence-corrected chi connectivity index (χ2v) is 37.5. The first kappa shape index (κ1) is 110. The number of aryl methyl sites for hydroxylation is 11. The Morgan fingerprint density at radius 3 is 1.31 bits per heavy atom. The zero-order chi connectivity index (χ0) is 94.2. The van der Waals surface area contributed by atoms with Gasteiger partial charge in [0.25, 0.3) is 6.47 Å². The Morgan fingerprint density at radius 1 is 0.477 bits per heavy atom. The summed E-state index contributed by atoms with van der Waals surface area (Å²) in [6.45, 7) is 17.5. The minimum atomic E-state index is -5.62. The summed E-state index contributed by atoms with van der Waals surface area (Å²) in [6.07, 6.45) is 16.3. The number of Topliss-reactive ketones (excluding diaryl/α,β-unsaturated/α-hetero) is 2. The first-order valence-corrected chi connectivity index (χ1v) is 46.1. The number of alkyl halides is 4. The molecule has 0 unspecified atom stereocenters. The summed E-state index contributed by atoms with van der Waals surface area (Å²) in [5.74, 6) is 1.57. The second kappa shape index (κ2) is 52.0. The van der Waals surface area contributed by atoms with Gasteiger partial charge in [-0.25, -0.2) is 4.79 Å². The van der Waals surface area contributed by atoms with Crippen molar-refractivity contribution in [1.82, 2.24) is 4.90 Å². The monoisotopic (exact) mass is 2230 g/mol. The van der Waals surface area contributed by atoms with Gasteiger partial charge in [-0.05, 0) is 305 Å². The van der Waals surface area contributed by atoms with Gasteiger partial charge in [-0.15, -0.1) is 0 Å². The van der Waals surface area contributed by atoms with Crippen molar-refractivity contribution in [3.05, 3.63) is 370 Å². The van der Waals surface area contributed by atoms with Crippen LogP contribution in [0.15, 0.2) is 253 Å². The number of fused-ring (bicyclic) bond motifs is 6. The SMILES string of the molecule is CC(C)(C)OC(=O)N1CC(I)C1.Cc1ccc2c(c1)CCC(Br)=C2c1ccc(O)cc1.Cc1ccc2c(c1)CCC(c1ccccc1)=C2c1ccc(O)cc1.Cc1ccc2c(c1)CCC=C2OS(=O)(=O)C(F)(F)F.Cc1ccc2c(c1)CCC=C2c1ccc(O)cc1.Cc1ccc2c(c1)CCCC2=O.O=C1CCCc2cc(O)ccc21.O=CO[O-].OB(O)c1ccc(O)cc1.[Cs+].[Cs+].[H-]. The molecule has 1 fully saturated rings. The molecule has 11 aromatic carbocycles. The summed E-state index contributed by atoms with van der Waals surface area (Å²) in [4.78, 5) is 47.0. The molecule has 27 heteroatoms. The van der Waals surface area contributed by atoms with Crippen LogP contribution in [0.1, 0.15) is 200 Å². The minimum absolute atomic E-state index is 0. The number of nitrogens with zero attached hydrogens (tertiary/aromatic N) is 1. The van der Waals surface area contributed by atoms with Gasteiger partial charge >= 0.3 is 167 Å². The van der Waals surface area contributed by atoms with Gasteiger partial charge in [0.15, 0.2) is 11.6 Å². The number of phenolic OH excluding ortho intramolecular Hbond substituents is 5. The molecule has 0 bridgehead atoms. The molecule has 0 aromatic heterocycles. The van der Waals surface area contributed by atoms with E-state index in [2.05, 4.69) is 172 Å². The molecule has 0 spiro atoms. The van der Waals surface area contributed by atoms with E-state index in [9.17, 15) is 51.3 Å². The van der Waals surface area contributed by atoms with E-state index in [0.717, 1.165) is 123 Å². The van der Waals surface area contributed by atoms with E-state index in [4.69, 9.17) is 35.0 Å². The average Bonchev–Trinajstić information content (AvgIpc) is 0.764. The number of phenols is 5. The van der Waals surface area contributed by atoms with E-state index in [-0.39, 0.29) is 180 Å². The number of ketones is 2. The minimum Gasteiger partial charge on any atom is -1.00 e. The van der Waals surface area contributed by atoms with Crippen molar-refractivity contribution >= 4 is 113 Å². The molecular formula is C105H107BBrCs2F3INO17S. The van der Waals surface area contributed by atoms with Gasteiger partial charge in [-0.3, -0.25) is 14.4 Å². The molecule has 11 aromatic rings. The molecule has 680 valence electrons. The number of hydrogen-bond donors (Lipinski definition) is 7. The Morgan fingerprint density at radius 2 is 0.856 bits per heavy atom. The number of halogens is 5. The van der Waals surface area contributed by atoms with Crippen molar-refractivity contribution in [2.24, 2.45) is 0 Å². The van der Waals surface area contributed by atoms with Gasteiger partial charge in [0.05, 0.1) is 0 Å². The molecule has 0 atom stereocenters.